The van der Waals surface area contributed by atoms with Crippen molar-refractivity contribution in [3.8, 4) is 11.5 Å². The third-order valence-electron chi connectivity index (χ3n) is 4.58. The minimum Gasteiger partial charge on any atom is -0.493 e. The molecule has 0 aliphatic rings. The topological polar surface area (TPSA) is 52.0 Å². The van der Waals surface area contributed by atoms with Crippen LogP contribution in [0.2, 0.25) is 5.02 Å². The van der Waals surface area contributed by atoms with Gasteiger partial charge in [0.2, 0.25) is 0 Å². The molecule has 156 valence electrons. The lowest BCUT2D eigenvalue weighted by atomic mass is 10.2. The highest BCUT2D eigenvalue weighted by Gasteiger charge is 2.14. The molecule has 0 saturated carbocycles. The number of quaternary nitrogens is 1. The minimum atomic E-state index is -0.0876. The Morgan fingerprint density at radius 1 is 0.967 bits per heavy atom. The number of halogens is 1. The molecule has 1 unspecified atom stereocenters. The first-order chi connectivity index (χ1) is 14.5. The van der Waals surface area contributed by atoms with Crippen molar-refractivity contribution in [1.82, 2.24) is 0 Å². The van der Waals surface area contributed by atoms with Crippen molar-refractivity contribution < 1.29 is 19.2 Å². The highest BCUT2D eigenvalue weighted by atomic mass is 35.5. The largest absolute Gasteiger partial charge is 0.493 e. The molecule has 3 aromatic carbocycles. The molecule has 30 heavy (non-hydrogen) atoms. The molecule has 0 aliphatic carbocycles. The van der Waals surface area contributed by atoms with Crippen LogP contribution < -0.4 is 19.7 Å². The summed E-state index contributed by atoms with van der Waals surface area (Å²) in [4.78, 5) is 13.4. The average molecular weight is 426 g/mol. The summed E-state index contributed by atoms with van der Waals surface area (Å²) in [6, 6.07) is 23.1. The highest BCUT2D eigenvalue weighted by molar-refractivity contribution is 6.33. The zero-order valence-electron chi connectivity index (χ0n) is 17.2. The van der Waals surface area contributed by atoms with Crippen molar-refractivity contribution in [3.63, 3.8) is 0 Å². The number of carbonyl (C=O) groups excluding carboxylic acids is 1. The van der Waals surface area contributed by atoms with Gasteiger partial charge in [0.25, 0.3) is 5.91 Å². The molecule has 3 aromatic rings. The molecule has 3 rings (SSSR count). The van der Waals surface area contributed by atoms with E-state index < -0.39 is 0 Å². The molecule has 0 spiro atoms. The zero-order valence-corrected chi connectivity index (χ0v) is 17.9. The van der Waals surface area contributed by atoms with E-state index in [1.165, 1.54) is 0 Å². The molecule has 1 atom stereocenters. The molecule has 2 N–H and O–H groups in total. The maximum absolute atomic E-state index is 12.3. The van der Waals surface area contributed by atoms with E-state index in [0.717, 1.165) is 16.0 Å². The van der Waals surface area contributed by atoms with E-state index in [-0.39, 0.29) is 5.91 Å². The highest BCUT2D eigenvalue weighted by Crippen LogP contribution is 2.28. The molecule has 0 fully saturated rings. The van der Waals surface area contributed by atoms with E-state index in [1.54, 1.807) is 19.2 Å². The number of ether oxygens (including phenoxy) is 2. The van der Waals surface area contributed by atoms with E-state index >= 15 is 0 Å². The van der Waals surface area contributed by atoms with Crippen LogP contribution in [-0.4, -0.2) is 26.6 Å². The summed E-state index contributed by atoms with van der Waals surface area (Å²) in [6.07, 6.45) is 0. The van der Waals surface area contributed by atoms with Crippen molar-refractivity contribution in [3.05, 3.63) is 88.9 Å². The molecule has 6 heteroatoms. The van der Waals surface area contributed by atoms with E-state index in [1.807, 2.05) is 67.7 Å². The van der Waals surface area contributed by atoms with Gasteiger partial charge in [-0.25, -0.2) is 0 Å². The summed E-state index contributed by atoms with van der Waals surface area (Å²) in [5, 5.41) is 3.38. The first-order valence-corrected chi connectivity index (χ1v) is 10.1. The maximum Gasteiger partial charge on any atom is 0.279 e. The van der Waals surface area contributed by atoms with Gasteiger partial charge in [0, 0.05) is 5.56 Å². The summed E-state index contributed by atoms with van der Waals surface area (Å²) in [5.41, 5.74) is 2.78. The number of likely N-dealkylation sites (N-methyl/N-ethyl adjacent to an activating group) is 1. The fourth-order valence-corrected chi connectivity index (χ4v) is 3.30. The van der Waals surface area contributed by atoms with Crippen LogP contribution in [0.5, 0.6) is 11.5 Å². The Kier molecular flexibility index (Phi) is 7.71. The molecule has 0 aliphatic heterocycles. The van der Waals surface area contributed by atoms with E-state index in [4.69, 9.17) is 21.1 Å². The van der Waals surface area contributed by atoms with Gasteiger partial charge in [-0.05, 0) is 35.9 Å². The molecule has 5 nitrogen and oxygen atoms in total. The second-order valence-corrected chi connectivity index (χ2v) is 7.51. The van der Waals surface area contributed by atoms with Crippen molar-refractivity contribution in [2.75, 3.05) is 26.0 Å². The Morgan fingerprint density at radius 3 is 2.43 bits per heavy atom. The Labute approximate surface area is 182 Å². The van der Waals surface area contributed by atoms with Gasteiger partial charge in [-0.15, -0.1) is 0 Å². The fraction of sp³-hybridized carbons (Fsp3) is 0.208. The number of anilines is 1. The average Bonchev–Trinajstić information content (AvgIpc) is 2.75. The Morgan fingerprint density at radius 2 is 1.70 bits per heavy atom. The maximum atomic E-state index is 12.3. The lowest BCUT2D eigenvalue weighted by molar-refractivity contribution is -0.885. The fourth-order valence-electron chi connectivity index (χ4n) is 3.12. The van der Waals surface area contributed by atoms with Gasteiger partial charge in [0.05, 0.1) is 24.9 Å². The van der Waals surface area contributed by atoms with E-state index in [2.05, 4.69) is 5.32 Å². The Hall–Kier alpha value is -3.02. The summed E-state index contributed by atoms with van der Waals surface area (Å²) in [5.74, 6) is 1.28. The summed E-state index contributed by atoms with van der Waals surface area (Å²) < 4.78 is 11.4. The van der Waals surface area contributed by atoms with Crippen molar-refractivity contribution in [2.45, 2.75) is 13.2 Å². The first-order valence-electron chi connectivity index (χ1n) is 9.74. The molecule has 0 aromatic heterocycles. The number of hydrogen-bond donors (Lipinski definition) is 2. The number of amides is 1. The number of methoxy groups -OCH3 is 1. The molecule has 0 saturated heterocycles. The quantitative estimate of drug-likeness (QED) is 0.551. The van der Waals surface area contributed by atoms with Crippen LogP contribution >= 0.6 is 11.6 Å². The van der Waals surface area contributed by atoms with Crippen LogP contribution in [0.1, 0.15) is 11.1 Å². The summed E-state index contributed by atoms with van der Waals surface area (Å²) in [7, 11) is 3.60. The van der Waals surface area contributed by atoms with E-state index in [9.17, 15) is 4.79 Å². The predicted octanol–water partition coefficient (Wildman–Crippen LogP) is 3.58. The molecule has 0 radical (unpaired) electrons. The molecule has 0 heterocycles. The summed E-state index contributed by atoms with van der Waals surface area (Å²) in [6.45, 7) is 1.47. The van der Waals surface area contributed by atoms with E-state index in [0.29, 0.717) is 41.9 Å². The Balaban J connectivity index is 1.56. The van der Waals surface area contributed by atoms with Gasteiger partial charge < -0.3 is 19.7 Å². The van der Waals surface area contributed by atoms with Gasteiger partial charge in [-0.2, -0.15) is 0 Å². The van der Waals surface area contributed by atoms with Crippen molar-refractivity contribution >= 4 is 23.2 Å². The second-order valence-electron chi connectivity index (χ2n) is 7.10. The zero-order chi connectivity index (χ0) is 21.3. The number of para-hydroxylation sites is 1. The number of nitrogens with one attached hydrogen (secondary N) is 2. The first kappa shape index (κ1) is 21.7. The predicted molar refractivity (Wildman–Crippen MR) is 119 cm³/mol. The van der Waals surface area contributed by atoms with Gasteiger partial charge in [0.15, 0.2) is 18.0 Å². The van der Waals surface area contributed by atoms with Gasteiger partial charge >= 0.3 is 0 Å². The Bertz CT molecular complexity index is 979. The minimum absolute atomic E-state index is 0.0876. The van der Waals surface area contributed by atoms with Crippen LogP contribution in [-0.2, 0) is 17.9 Å². The number of benzene rings is 3. The standard InChI is InChI=1S/C24H25ClN2O3/c1-27(16-24(28)26-21-11-7-6-10-20(21)25)15-19-12-13-22(23(14-19)29-2)30-17-18-8-4-3-5-9-18/h3-14H,15-17H2,1-2H3,(H,26,28)/p+1. The number of hydrogen-bond acceptors (Lipinski definition) is 3. The smallest absolute Gasteiger partial charge is 0.279 e. The third kappa shape index (κ3) is 6.24. The van der Waals surface area contributed by atoms with Crippen LogP contribution in [0.15, 0.2) is 72.8 Å². The second kappa shape index (κ2) is 10.7. The van der Waals surface area contributed by atoms with Gasteiger partial charge in [-0.3, -0.25) is 4.79 Å². The molecule has 0 bridgehead atoms. The monoisotopic (exact) mass is 425 g/mol. The molecule has 1 amide bonds. The van der Waals surface area contributed by atoms with Gasteiger partial charge in [0.1, 0.15) is 13.2 Å². The van der Waals surface area contributed by atoms with Crippen molar-refractivity contribution in [2.24, 2.45) is 0 Å². The third-order valence-corrected chi connectivity index (χ3v) is 4.91. The normalized spacial score (nSPS) is 11.6. The molecular formula is C24H26ClN2O3+. The van der Waals surface area contributed by atoms with Crippen LogP contribution in [0.3, 0.4) is 0 Å². The lowest BCUT2D eigenvalue weighted by Gasteiger charge is -2.16. The van der Waals surface area contributed by atoms with Crippen LogP contribution in [0, 0.1) is 0 Å². The van der Waals surface area contributed by atoms with Crippen LogP contribution in [0.25, 0.3) is 0 Å². The lowest BCUT2D eigenvalue weighted by Crippen LogP contribution is -3.08. The number of rotatable bonds is 9. The molecular weight excluding hydrogens is 400 g/mol. The van der Waals surface area contributed by atoms with Crippen LogP contribution in [0.4, 0.5) is 5.69 Å². The SMILES string of the molecule is COc1cc(C[NH+](C)CC(=O)Nc2ccccc2Cl)ccc1OCc1ccccc1. The number of carbonyl (C=O) groups is 1. The van der Waals surface area contributed by atoms with Crippen molar-refractivity contribution in [1.29, 1.82) is 0 Å². The van der Waals surface area contributed by atoms with Gasteiger partial charge in [-0.1, -0.05) is 54.1 Å². The summed E-state index contributed by atoms with van der Waals surface area (Å²) >= 11 is 6.10.